The van der Waals surface area contributed by atoms with Gasteiger partial charge in [-0.05, 0) is 17.7 Å². The van der Waals surface area contributed by atoms with E-state index in [1.54, 1.807) is 12.1 Å². The molecule has 0 radical (unpaired) electrons. The summed E-state index contributed by atoms with van der Waals surface area (Å²) < 4.78 is 5.50. The molecule has 0 saturated heterocycles. The summed E-state index contributed by atoms with van der Waals surface area (Å²) in [5, 5.41) is 7.07. The highest BCUT2D eigenvalue weighted by Crippen LogP contribution is 2.24. The van der Waals surface area contributed by atoms with E-state index >= 15 is 0 Å². The van der Waals surface area contributed by atoms with Crippen molar-refractivity contribution in [2.24, 2.45) is 0 Å². The SMILES string of the molecule is O=C(NC(c1ccccc1)c1nc(-c2ccccc2)no1)c1ccccc1. The molecule has 4 aromatic rings. The minimum Gasteiger partial charge on any atom is -0.336 e. The van der Waals surface area contributed by atoms with Gasteiger partial charge in [-0.25, -0.2) is 0 Å². The molecule has 0 bridgehead atoms. The van der Waals surface area contributed by atoms with E-state index in [1.165, 1.54) is 0 Å². The fraction of sp³-hybridized carbons (Fsp3) is 0.0455. The average Bonchev–Trinajstić information content (AvgIpc) is 3.24. The Morgan fingerprint density at radius 2 is 1.41 bits per heavy atom. The molecule has 0 saturated carbocycles. The topological polar surface area (TPSA) is 68.0 Å². The minimum atomic E-state index is -0.538. The molecule has 1 unspecified atom stereocenters. The predicted octanol–water partition coefficient (Wildman–Crippen LogP) is 4.26. The zero-order chi connectivity index (χ0) is 18.5. The van der Waals surface area contributed by atoms with Gasteiger partial charge in [-0.3, -0.25) is 4.79 Å². The molecule has 5 nitrogen and oxygen atoms in total. The van der Waals surface area contributed by atoms with E-state index in [9.17, 15) is 4.79 Å². The van der Waals surface area contributed by atoms with Crippen LogP contribution >= 0.6 is 0 Å². The second-order valence-electron chi connectivity index (χ2n) is 6.01. The fourth-order valence-electron chi connectivity index (χ4n) is 2.79. The molecule has 27 heavy (non-hydrogen) atoms. The van der Waals surface area contributed by atoms with Crippen molar-refractivity contribution in [3.8, 4) is 11.4 Å². The Morgan fingerprint density at radius 3 is 2.07 bits per heavy atom. The smallest absolute Gasteiger partial charge is 0.254 e. The highest BCUT2D eigenvalue weighted by molar-refractivity contribution is 5.94. The van der Waals surface area contributed by atoms with Gasteiger partial charge < -0.3 is 9.84 Å². The highest BCUT2D eigenvalue weighted by atomic mass is 16.5. The molecule has 0 aliphatic carbocycles. The quantitative estimate of drug-likeness (QED) is 0.581. The molecular weight excluding hydrogens is 338 g/mol. The molecule has 1 amide bonds. The summed E-state index contributed by atoms with van der Waals surface area (Å²) in [6, 6.07) is 27.7. The van der Waals surface area contributed by atoms with Crippen LogP contribution in [0.5, 0.6) is 0 Å². The maximum atomic E-state index is 12.7. The largest absolute Gasteiger partial charge is 0.336 e. The second kappa shape index (κ2) is 7.66. The van der Waals surface area contributed by atoms with Crippen molar-refractivity contribution >= 4 is 5.91 Å². The Morgan fingerprint density at radius 1 is 0.815 bits per heavy atom. The lowest BCUT2D eigenvalue weighted by molar-refractivity contribution is 0.0936. The zero-order valence-electron chi connectivity index (χ0n) is 14.4. The molecule has 5 heteroatoms. The van der Waals surface area contributed by atoms with Gasteiger partial charge in [-0.2, -0.15) is 4.98 Å². The molecule has 1 N–H and O–H groups in total. The number of nitrogens with one attached hydrogen (secondary N) is 1. The van der Waals surface area contributed by atoms with Gasteiger partial charge in [0, 0.05) is 11.1 Å². The van der Waals surface area contributed by atoms with Gasteiger partial charge in [0.2, 0.25) is 5.82 Å². The molecule has 1 aromatic heterocycles. The van der Waals surface area contributed by atoms with Gasteiger partial charge in [0.25, 0.3) is 11.8 Å². The van der Waals surface area contributed by atoms with Crippen molar-refractivity contribution in [3.63, 3.8) is 0 Å². The number of hydrogen-bond donors (Lipinski definition) is 1. The Hall–Kier alpha value is -3.73. The van der Waals surface area contributed by atoms with Gasteiger partial charge in [0.15, 0.2) is 0 Å². The first-order valence-electron chi connectivity index (χ1n) is 8.61. The summed E-state index contributed by atoms with van der Waals surface area (Å²) in [6.45, 7) is 0. The maximum absolute atomic E-state index is 12.7. The van der Waals surface area contributed by atoms with Crippen LogP contribution in [0, 0.1) is 0 Å². The van der Waals surface area contributed by atoms with Crippen molar-refractivity contribution in [2.45, 2.75) is 6.04 Å². The van der Waals surface area contributed by atoms with Crippen LogP contribution in [0.3, 0.4) is 0 Å². The van der Waals surface area contributed by atoms with Crippen LogP contribution in [0.15, 0.2) is 95.5 Å². The normalized spacial score (nSPS) is 11.7. The van der Waals surface area contributed by atoms with Crippen LogP contribution in [0.25, 0.3) is 11.4 Å². The first kappa shape index (κ1) is 16.7. The molecule has 4 rings (SSSR count). The van der Waals surface area contributed by atoms with Crippen molar-refractivity contribution < 1.29 is 9.32 Å². The van der Waals surface area contributed by atoms with Gasteiger partial charge >= 0.3 is 0 Å². The third-order valence-corrected chi connectivity index (χ3v) is 4.16. The van der Waals surface area contributed by atoms with Gasteiger partial charge in [-0.15, -0.1) is 0 Å². The second-order valence-corrected chi connectivity index (χ2v) is 6.01. The lowest BCUT2D eigenvalue weighted by atomic mass is 10.1. The van der Waals surface area contributed by atoms with E-state index in [4.69, 9.17) is 4.52 Å². The number of amides is 1. The highest BCUT2D eigenvalue weighted by Gasteiger charge is 2.24. The molecule has 1 heterocycles. The summed E-state index contributed by atoms with van der Waals surface area (Å²) in [5.74, 6) is 0.619. The Kier molecular flexibility index (Phi) is 4.74. The predicted molar refractivity (Wildman–Crippen MR) is 102 cm³/mol. The Balaban J connectivity index is 1.67. The molecule has 1 atom stereocenters. The number of benzene rings is 3. The van der Waals surface area contributed by atoms with E-state index in [0.717, 1.165) is 11.1 Å². The third-order valence-electron chi connectivity index (χ3n) is 4.16. The lowest BCUT2D eigenvalue weighted by Gasteiger charge is -2.15. The molecule has 0 fully saturated rings. The summed E-state index contributed by atoms with van der Waals surface area (Å²) in [5.41, 5.74) is 2.29. The zero-order valence-corrected chi connectivity index (χ0v) is 14.4. The number of nitrogens with zero attached hydrogens (tertiary/aromatic N) is 2. The van der Waals surface area contributed by atoms with Crippen LogP contribution in [0.1, 0.15) is 27.9 Å². The van der Waals surface area contributed by atoms with Crippen molar-refractivity contribution in [3.05, 3.63) is 108 Å². The standard InChI is InChI=1S/C22H17N3O2/c26-21(18-14-8-3-9-15-18)23-19(16-10-4-1-5-11-16)22-24-20(25-27-22)17-12-6-2-7-13-17/h1-15,19H,(H,23,26). The van der Waals surface area contributed by atoms with E-state index in [1.807, 2.05) is 78.9 Å². The average molecular weight is 355 g/mol. The molecule has 0 spiro atoms. The number of hydrogen-bond acceptors (Lipinski definition) is 4. The van der Waals surface area contributed by atoms with Crippen LogP contribution in [0.4, 0.5) is 0 Å². The number of carbonyl (C=O) groups is 1. The van der Waals surface area contributed by atoms with E-state index < -0.39 is 6.04 Å². The molecule has 3 aromatic carbocycles. The van der Waals surface area contributed by atoms with Gasteiger partial charge in [0.05, 0.1) is 0 Å². The molecule has 0 aliphatic heterocycles. The Bertz CT molecular complexity index is 1020. The number of carbonyl (C=O) groups excluding carboxylic acids is 1. The molecule has 132 valence electrons. The summed E-state index contributed by atoms with van der Waals surface area (Å²) in [7, 11) is 0. The Labute approximate surface area is 156 Å². The van der Waals surface area contributed by atoms with Crippen LogP contribution in [-0.4, -0.2) is 16.0 Å². The monoisotopic (exact) mass is 355 g/mol. The fourth-order valence-corrected chi connectivity index (χ4v) is 2.79. The molecule has 0 aliphatic rings. The summed E-state index contributed by atoms with van der Waals surface area (Å²) in [6.07, 6.45) is 0. The number of aromatic nitrogens is 2. The minimum absolute atomic E-state index is 0.205. The first-order valence-corrected chi connectivity index (χ1v) is 8.61. The van der Waals surface area contributed by atoms with Crippen LogP contribution < -0.4 is 5.32 Å². The lowest BCUT2D eigenvalue weighted by Crippen LogP contribution is -2.29. The van der Waals surface area contributed by atoms with Crippen LogP contribution in [-0.2, 0) is 0 Å². The van der Waals surface area contributed by atoms with Crippen molar-refractivity contribution in [1.82, 2.24) is 15.5 Å². The van der Waals surface area contributed by atoms with Crippen molar-refractivity contribution in [1.29, 1.82) is 0 Å². The first-order chi connectivity index (χ1) is 13.3. The van der Waals surface area contributed by atoms with Crippen LogP contribution in [0.2, 0.25) is 0 Å². The van der Waals surface area contributed by atoms with Gasteiger partial charge in [-0.1, -0.05) is 84.0 Å². The number of rotatable bonds is 5. The third kappa shape index (κ3) is 3.77. The van der Waals surface area contributed by atoms with E-state index in [0.29, 0.717) is 17.3 Å². The van der Waals surface area contributed by atoms with E-state index in [2.05, 4.69) is 15.5 Å². The summed E-state index contributed by atoms with van der Waals surface area (Å²) in [4.78, 5) is 17.2. The van der Waals surface area contributed by atoms with Crippen molar-refractivity contribution in [2.75, 3.05) is 0 Å². The molecular formula is C22H17N3O2. The van der Waals surface area contributed by atoms with E-state index in [-0.39, 0.29) is 5.91 Å². The van der Waals surface area contributed by atoms with Gasteiger partial charge in [0.1, 0.15) is 6.04 Å². The summed E-state index contributed by atoms with van der Waals surface area (Å²) >= 11 is 0. The maximum Gasteiger partial charge on any atom is 0.254 e.